The maximum absolute atomic E-state index is 12.0. The summed E-state index contributed by atoms with van der Waals surface area (Å²) in [4.78, 5) is 14.1. The summed E-state index contributed by atoms with van der Waals surface area (Å²) in [5.41, 5.74) is 4.16. The van der Waals surface area contributed by atoms with Gasteiger partial charge in [-0.3, -0.25) is 9.69 Å². The minimum absolute atomic E-state index is 0.0519. The Morgan fingerprint density at radius 3 is 2.33 bits per heavy atom. The van der Waals surface area contributed by atoms with E-state index in [1.807, 2.05) is 60.1 Å². The molecule has 1 heterocycles. The van der Waals surface area contributed by atoms with Crippen LogP contribution >= 0.6 is 0 Å². The lowest BCUT2D eigenvalue weighted by molar-refractivity contribution is -0.122. The molecule has 0 saturated carbocycles. The second-order valence-corrected chi connectivity index (χ2v) is 6.41. The van der Waals surface area contributed by atoms with Crippen LogP contribution in [0, 0.1) is 0 Å². The molecule has 0 saturated heterocycles. The highest BCUT2D eigenvalue weighted by Crippen LogP contribution is 2.24. The molecule has 1 N–H and O–H groups in total. The lowest BCUT2D eigenvalue weighted by Crippen LogP contribution is -2.36. The van der Waals surface area contributed by atoms with Gasteiger partial charge in [-0.1, -0.05) is 55.5 Å². The second-order valence-electron chi connectivity index (χ2n) is 6.41. The Balaban J connectivity index is 1.92. The second kappa shape index (κ2) is 9.14. The number of benzene rings is 2. The Kier molecular flexibility index (Phi) is 6.39. The fourth-order valence-corrected chi connectivity index (χ4v) is 3.05. The van der Waals surface area contributed by atoms with E-state index in [9.17, 15) is 4.79 Å². The Labute approximate surface area is 160 Å². The maximum Gasteiger partial charge on any atom is 0.234 e. The van der Waals surface area contributed by atoms with Crippen LogP contribution in [0.3, 0.4) is 0 Å². The van der Waals surface area contributed by atoms with E-state index >= 15 is 0 Å². The van der Waals surface area contributed by atoms with Gasteiger partial charge < -0.3 is 5.32 Å². The van der Waals surface area contributed by atoms with Gasteiger partial charge in [-0.25, -0.2) is 4.68 Å². The molecule has 27 heavy (non-hydrogen) atoms. The molecular weight excluding hydrogens is 336 g/mol. The number of hydrogen-bond acceptors (Lipinski definition) is 3. The quantitative estimate of drug-likeness (QED) is 0.667. The number of carbonyl (C=O) groups is 1. The first kappa shape index (κ1) is 18.9. The van der Waals surface area contributed by atoms with Crippen LogP contribution in [-0.2, 0) is 11.3 Å². The van der Waals surface area contributed by atoms with Crippen molar-refractivity contribution >= 4 is 5.91 Å². The van der Waals surface area contributed by atoms with E-state index in [1.165, 1.54) is 0 Å². The summed E-state index contributed by atoms with van der Waals surface area (Å²) in [7, 11) is 0. The van der Waals surface area contributed by atoms with E-state index in [0.717, 1.165) is 29.1 Å². The number of amides is 1. The van der Waals surface area contributed by atoms with Gasteiger partial charge in [-0.15, -0.1) is 0 Å². The fourth-order valence-electron chi connectivity index (χ4n) is 3.05. The Hall–Kier alpha value is -2.92. The number of nitrogens with one attached hydrogen (secondary N) is 1. The molecule has 0 aliphatic rings. The minimum Gasteiger partial charge on any atom is -0.355 e. The third-order valence-corrected chi connectivity index (χ3v) is 4.44. The van der Waals surface area contributed by atoms with Crippen LogP contribution in [0.25, 0.3) is 16.9 Å². The summed E-state index contributed by atoms with van der Waals surface area (Å²) in [6.07, 6.45) is 2.07. The van der Waals surface area contributed by atoms with Crippen molar-refractivity contribution in [2.24, 2.45) is 0 Å². The normalized spacial score (nSPS) is 10.9. The summed E-state index contributed by atoms with van der Waals surface area (Å²) in [5, 5.41) is 7.71. The van der Waals surface area contributed by atoms with Crippen molar-refractivity contribution in [3.05, 3.63) is 72.4 Å². The molecule has 3 rings (SSSR count). The summed E-state index contributed by atoms with van der Waals surface area (Å²) in [6, 6.07) is 20.3. The summed E-state index contributed by atoms with van der Waals surface area (Å²) in [5.74, 6) is 0.0519. The molecule has 0 aliphatic carbocycles. The highest BCUT2D eigenvalue weighted by Gasteiger charge is 2.16. The van der Waals surface area contributed by atoms with Gasteiger partial charge in [0.1, 0.15) is 0 Å². The minimum atomic E-state index is 0.0519. The van der Waals surface area contributed by atoms with Gasteiger partial charge in [0.2, 0.25) is 5.91 Å². The van der Waals surface area contributed by atoms with Crippen LogP contribution in [0.4, 0.5) is 0 Å². The average Bonchev–Trinajstić information content (AvgIpc) is 3.13. The molecule has 1 amide bonds. The van der Waals surface area contributed by atoms with Crippen molar-refractivity contribution in [1.82, 2.24) is 20.0 Å². The fraction of sp³-hybridized carbons (Fsp3) is 0.273. The van der Waals surface area contributed by atoms with Crippen LogP contribution < -0.4 is 5.32 Å². The molecule has 0 aliphatic heterocycles. The van der Waals surface area contributed by atoms with Crippen molar-refractivity contribution in [1.29, 1.82) is 0 Å². The predicted octanol–water partition coefficient (Wildman–Crippen LogP) is 3.50. The number of nitrogens with zero attached hydrogens (tertiary/aromatic N) is 3. The molecule has 0 radical (unpaired) electrons. The first-order valence-electron chi connectivity index (χ1n) is 9.39. The first-order valence-corrected chi connectivity index (χ1v) is 9.39. The lowest BCUT2D eigenvalue weighted by Gasteiger charge is -2.19. The molecule has 0 bridgehead atoms. The van der Waals surface area contributed by atoms with Crippen LogP contribution in [0.2, 0.25) is 0 Å². The standard InChI is InChI=1S/C22H26N4O/c1-3-23-21(27)17-25(4-2)15-19-16-26(20-13-9-6-10-14-20)24-22(19)18-11-7-5-8-12-18/h5-14,16H,3-4,15,17H2,1-2H3,(H,23,27). The van der Waals surface area contributed by atoms with Gasteiger partial charge >= 0.3 is 0 Å². The lowest BCUT2D eigenvalue weighted by atomic mass is 10.1. The maximum atomic E-state index is 12.0. The molecular formula is C22H26N4O. The average molecular weight is 362 g/mol. The number of carbonyl (C=O) groups excluding carboxylic acids is 1. The smallest absolute Gasteiger partial charge is 0.234 e. The monoisotopic (exact) mass is 362 g/mol. The summed E-state index contributed by atoms with van der Waals surface area (Å²) >= 11 is 0. The number of aromatic nitrogens is 2. The van der Waals surface area contributed by atoms with E-state index < -0.39 is 0 Å². The molecule has 0 spiro atoms. The van der Waals surface area contributed by atoms with Crippen molar-refractivity contribution in [2.45, 2.75) is 20.4 Å². The Morgan fingerprint density at radius 2 is 1.70 bits per heavy atom. The molecule has 5 heteroatoms. The van der Waals surface area contributed by atoms with E-state index in [-0.39, 0.29) is 5.91 Å². The number of para-hydroxylation sites is 1. The zero-order valence-corrected chi connectivity index (χ0v) is 15.9. The van der Waals surface area contributed by atoms with Gasteiger partial charge in [0.05, 0.1) is 17.9 Å². The first-order chi connectivity index (χ1) is 13.2. The van der Waals surface area contributed by atoms with Crippen LogP contribution in [0.5, 0.6) is 0 Å². The number of hydrogen-bond donors (Lipinski definition) is 1. The number of likely N-dealkylation sites (N-methyl/N-ethyl adjacent to an activating group) is 2. The Morgan fingerprint density at radius 1 is 1.04 bits per heavy atom. The molecule has 0 fully saturated rings. The van der Waals surface area contributed by atoms with E-state index in [0.29, 0.717) is 19.6 Å². The molecule has 0 unspecified atom stereocenters. The van der Waals surface area contributed by atoms with Gasteiger partial charge in [0.15, 0.2) is 0 Å². The van der Waals surface area contributed by atoms with Crippen LogP contribution in [0.15, 0.2) is 66.9 Å². The molecule has 2 aromatic carbocycles. The van der Waals surface area contributed by atoms with Gasteiger partial charge in [0, 0.05) is 30.4 Å². The molecule has 0 atom stereocenters. The molecule has 1 aromatic heterocycles. The van der Waals surface area contributed by atoms with Crippen LogP contribution in [0.1, 0.15) is 19.4 Å². The van der Waals surface area contributed by atoms with E-state index in [2.05, 4.69) is 35.5 Å². The zero-order valence-electron chi connectivity index (χ0n) is 15.9. The van der Waals surface area contributed by atoms with Gasteiger partial charge in [-0.2, -0.15) is 5.10 Å². The largest absolute Gasteiger partial charge is 0.355 e. The molecule has 5 nitrogen and oxygen atoms in total. The van der Waals surface area contributed by atoms with Crippen molar-refractivity contribution in [2.75, 3.05) is 19.6 Å². The topological polar surface area (TPSA) is 50.2 Å². The molecule has 3 aromatic rings. The van der Waals surface area contributed by atoms with Crippen molar-refractivity contribution < 1.29 is 4.79 Å². The predicted molar refractivity (Wildman–Crippen MR) is 109 cm³/mol. The van der Waals surface area contributed by atoms with Crippen molar-refractivity contribution in [3.8, 4) is 16.9 Å². The van der Waals surface area contributed by atoms with Gasteiger partial charge in [0.25, 0.3) is 0 Å². The third kappa shape index (κ3) is 4.83. The highest BCUT2D eigenvalue weighted by molar-refractivity contribution is 5.78. The van der Waals surface area contributed by atoms with Crippen LogP contribution in [-0.4, -0.2) is 40.2 Å². The van der Waals surface area contributed by atoms with Crippen molar-refractivity contribution in [3.63, 3.8) is 0 Å². The van der Waals surface area contributed by atoms with E-state index in [4.69, 9.17) is 5.10 Å². The number of rotatable bonds is 8. The summed E-state index contributed by atoms with van der Waals surface area (Å²) in [6.45, 7) is 6.51. The third-order valence-electron chi connectivity index (χ3n) is 4.44. The SMILES string of the molecule is CCNC(=O)CN(CC)Cc1cn(-c2ccccc2)nc1-c1ccccc1. The zero-order chi connectivity index (χ0) is 19.1. The highest BCUT2D eigenvalue weighted by atomic mass is 16.2. The Bertz CT molecular complexity index is 859. The van der Waals surface area contributed by atoms with E-state index in [1.54, 1.807) is 0 Å². The summed E-state index contributed by atoms with van der Waals surface area (Å²) < 4.78 is 1.91. The molecule has 140 valence electrons. The van der Waals surface area contributed by atoms with Gasteiger partial charge in [-0.05, 0) is 25.6 Å².